The number of nitro benzene ring substituents is 1. The number of carbonyl (C=O) groups is 1. The number of anilines is 2. The fraction of sp³-hybridized carbons (Fsp3) is 0.235. The molecule has 2 aromatic rings. The van der Waals surface area contributed by atoms with Gasteiger partial charge in [0.2, 0.25) is 15.9 Å². The maximum Gasteiger partial charge on any atom is 0.271 e. The molecule has 10 heteroatoms. The van der Waals surface area contributed by atoms with E-state index in [4.69, 9.17) is 0 Å². The molecule has 2 rings (SSSR count). The second-order valence-electron chi connectivity index (χ2n) is 6.01. The van der Waals surface area contributed by atoms with Gasteiger partial charge in [0, 0.05) is 22.3 Å². The van der Waals surface area contributed by atoms with Crippen molar-refractivity contribution in [3.8, 4) is 0 Å². The van der Waals surface area contributed by atoms with Crippen molar-refractivity contribution in [2.75, 3.05) is 22.4 Å². The van der Waals surface area contributed by atoms with E-state index in [1.165, 1.54) is 12.1 Å². The summed E-state index contributed by atoms with van der Waals surface area (Å²) in [5, 5.41) is 13.7. The van der Waals surface area contributed by atoms with E-state index >= 15 is 0 Å². The third-order valence-electron chi connectivity index (χ3n) is 3.80. The third-order valence-corrected chi connectivity index (χ3v) is 5.82. The van der Waals surface area contributed by atoms with Crippen molar-refractivity contribution in [1.29, 1.82) is 0 Å². The minimum atomic E-state index is -3.84. The number of nitrogens with one attached hydrogen (secondary N) is 1. The average Bonchev–Trinajstić information content (AvgIpc) is 2.55. The van der Waals surface area contributed by atoms with Crippen molar-refractivity contribution >= 4 is 48.9 Å². The topological polar surface area (TPSA) is 110 Å². The van der Waals surface area contributed by atoms with Crippen LogP contribution < -0.4 is 9.62 Å². The Bertz CT molecular complexity index is 1010. The van der Waals surface area contributed by atoms with Crippen molar-refractivity contribution in [3.63, 3.8) is 0 Å². The van der Waals surface area contributed by atoms with Crippen molar-refractivity contribution in [2.24, 2.45) is 0 Å². The van der Waals surface area contributed by atoms with E-state index in [1.54, 1.807) is 25.1 Å². The number of rotatable bonds is 6. The molecule has 0 fully saturated rings. The lowest BCUT2D eigenvalue weighted by Gasteiger charge is -2.23. The van der Waals surface area contributed by atoms with Crippen LogP contribution in [0.2, 0.25) is 0 Å². The van der Waals surface area contributed by atoms with Crippen LogP contribution in [-0.4, -0.2) is 32.0 Å². The van der Waals surface area contributed by atoms with Gasteiger partial charge in [-0.2, -0.15) is 0 Å². The first-order valence-corrected chi connectivity index (χ1v) is 10.4. The fourth-order valence-electron chi connectivity index (χ4n) is 2.41. The maximum atomic E-state index is 12.4. The lowest BCUT2D eigenvalue weighted by Crippen LogP contribution is -2.37. The van der Waals surface area contributed by atoms with Crippen LogP contribution in [0, 0.1) is 24.0 Å². The second kappa shape index (κ2) is 8.05. The average molecular weight is 456 g/mol. The highest BCUT2D eigenvalue weighted by Gasteiger charge is 2.24. The van der Waals surface area contributed by atoms with E-state index in [1.807, 2.05) is 6.92 Å². The molecule has 0 aliphatic rings. The zero-order valence-electron chi connectivity index (χ0n) is 14.9. The van der Waals surface area contributed by atoms with Crippen molar-refractivity contribution in [1.82, 2.24) is 0 Å². The van der Waals surface area contributed by atoms with Gasteiger partial charge in [-0.15, -0.1) is 0 Å². The summed E-state index contributed by atoms with van der Waals surface area (Å²) < 4.78 is 26.2. The maximum absolute atomic E-state index is 12.4. The van der Waals surface area contributed by atoms with Gasteiger partial charge < -0.3 is 5.32 Å². The molecule has 0 spiro atoms. The van der Waals surface area contributed by atoms with Crippen LogP contribution in [0.3, 0.4) is 0 Å². The number of amides is 1. The van der Waals surface area contributed by atoms with E-state index in [-0.39, 0.29) is 11.4 Å². The largest absolute Gasteiger partial charge is 0.325 e. The van der Waals surface area contributed by atoms with Gasteiger partial charge in [0.25, 0.3) is 5.69 Å². The van der Waals surface area contributed by atoms with E-state index in [2.05, 4.69) is 21.2 Å². The molecule has 0 aliphatic heterocycles. The summed E-state index contributed by atoms with van der Waals surface area (Å²) in [4.78, 5) is 22.8. The Kier molecular flexibility index (Phi) is 6.22. The number of nitro groups is 1. The molecule has 0 radical (unpaired) electrons. The quantitative estimate of drug-likeness (QED) is 0.530. The van der Waals surface area contributed by atoms with Crippen LogP contribution in [0.4, 0.5) is 17.1 Å². The molecule has 0 unspecified atom stereocenters. The Morgan fingerprint density at radius 3 is 2.41 bits per heavy atom. The van der Waals surface area contributed by atoms with E-state index in [9.17, 15) is 23.3 Å². The summed E-state index contributed by atoms with van der Waals surface area (Å²) in [5.74, 6) is -0.562. The molecule has 0 saturated carbocycles. The van der Waals surface area contributed by atoms with Crippen molar-refractivity contribution < 1.29 is 18.1 Å². The van der Waals surface area contributed by atoms with Crippen LogP contribution >= 0.6 is 15.9 Å². The van der Waals surface area contributed by atoms with E-state index < -0.39 is 27.4 Å². The van der Waals surface area contributed by atoms with Crippen molar-refractivity contribution in [2.45, 2.75) is 13.8 Å². The van der Waals surface area contributed by atoms with Gasteiger partial charge in [0.1, 0.15) is 6.54 Å². The SMILES string of the molecule is Cc1cc(NC(=O)CN(c2cc([N+](=O)[O-])ccc2C)S(C)(=O)=O)ccc1Br. The molecule has 1 N–H and O–H groups in total. The normalized spacial score (nSPS) is 11.1. The minimum absolute atomic E-state index is 0.0915. The Labute approximate surface area is 165 Å². The lowest BCUT2D eigenvalue weighted by molar-refractivity contribution is -0.384. The molecule has 0 aliphatic carbocycles. The summed E-state index contributed by atoms with van der Waals surface area (Å²) >= 11 is 3.36. The summed E-state index contributed by atoms with van der Waals surface area (Å²) in [7, 11) is -3.84. The molecular weight excluding hydrogens is 438 g/mol. The molecule has 0 aromatic heterocycles. The molecule has 0 saturated heterocycles. The minimum Gasteiger partial charge on any atom is -0.325 e. The lowest BCUT2D eigenvalue weighted by atomic mass is 10.2. The first kappa shape index (κ1) is 20.8. The van der Waals surface area contributed by atoms with Crippen LogP contribution in [0.5, 0.6) is 0 Å². The predicted molar refractivity (Wildman–Crippen MR) is 108 cm³/mol. The zero-order valence-corrected chi connectivity index (χ0v) is 17.3. The van der Waals surface area contributed by atoms with Crippen LogP contribution in [0.25, 0.3) is 0 Å². The molecule has 1 amide bonds. The highest BCUT2D eigenvalue weighted by atomic mass is 79.9. The smallest absolute Gasteiger partial charge is 0.271 e. The number of nitrogens with zero attached hydrogens (tertiary/aromatic N) is 2. The molecular formula is C17H18BrN3O5S. The summed E-state index contributed by atoms with van der Waals surface area (Å²) in [5.41, 5.74) is 1.76. The number of carbonyl (C=O) groups excluding carboxylic acids is 1. The third kappa shape index (κ3) is 5.27. The van der Waals surface area contributed by atoms with Gasteiger partial charge in [-0.05, 0) is 43.2 Å². The number of hydrogen-bond donors (Lipinski definition) is 1. The Morgan fingerprint density at radius 1 is 1.19 bits per heavy atom. The number of sulfonamides is 1. The number of hydrogen-bond acceptors (Lipinski definition) is 5. The Balaban J connectivity index is 2.33. The number of benzene rings is 2. The van der Waals surface area contributed by atoms with Crippen molar-refractivity contribution in [3.05, 3.63) is 62.1 Å². The predicted octanol–water partition coefficient (Wildman–Crippen LogP) is 3.38. The monoisotopic (exact) mass is 455 g/mol. The van der Waals surface area contributed by atoms with E-state index in [0.717, 1.165) is 26.7 Å². The molecule has 27 heavy (non-hydrogen) atoms. The van der Waals surface area contributed by atoms with Gasteiger partial charge in [0.05, 0.1) is 16.9 Å². The number of aryl methyl sites for hydroxylation is 2. The standard InChI is InChI=1S/C17H18BrN3O5S/c1-11-4-6-14(21(23)24)9-16(11)20(27(3,25)26)10-17(22)19-13-5-7-15(18)12(2)8-13/h4-9H,10H2,1-3H3,(H,19,22). The van der Waals surface area contributed by atoms with Gasteiger partial charge >= 0.3 is 0 Å². The van der Waals surface area contributed by atoms with Gasteiger partial charge in [0.15, 0.2) is 0 Å². The summed E-state index contributed by atoms with van der Waals surface area (Å²) in [6, 6.07) is 9.06. The highest BCUT2D eigenvalue weighted by Crippen LogP contribution is 2.27. The molecule has 2 aromatic carbocycles. The Hall–Kier alpha value is -2.46. The van der Waals surface area contributed by atoms with Crippen LogP contribution in [0.1, 0.15) is 11.1 Å². The molecule has 0 bridgehead atoms. The Morgan fingerprint density at radius 2 is 1.85 bits per heavy atom. The van der Waals surface area contributed by atoms with Gasteiger partial charge in [-0.3, -0.25) is 19.2 Å². The summed E-state index contributed by atoms with van der Waals surface area (Å²) in [6.45, 7) is 2.97. The first-order chi connectivity index (χ1) is 12.5. The molecule has 0 atom stereocenters. The molecule has 144 valence electrons. The first-order valence-electron chi connectivity index (χ1n) is 7.78. The number of halogens is 1. The van der Waals surface area contributed by atoms with Gasteiger partial charge in [-0.25, -0.2) is 8.42 Å². The summed E-state index contributed by atoms with van der Waals surface area (Å²) in [6.07, 6.45) is 0.947. The van der Waals surface area contributed by atoms with Crippen LogP contribution in [0.15, 0.2) is 40.9 Å². The van der Waals surface area contributed by atoms with E-state index in [0.29, 0.717) is 11.3 Å². The molecule has 8 nitrogen and oxygen atoms in total. The van der Waals surface area contributed by atoms with Crippen LogP contribution in [-0.2, 0) is 14.8 Å². The zero-order chi connectivity index (χ0) is 20.4. The highest BCUT2D eigenvalue weighted by molar-refractivity contribution is 9.10. The molecule has 0 heterocycles. The second-order valence-corrected chi connectivity index (χ2v) is 8.77. The van der Waals surface area contributed by atoms with Gasteiger partial charge in [-0.1, -0.05) is 22.0 Å². The number of non-ortho nitro benzene ring substituents is 1. The fourth-order valence-corrected chi connectivity index (χ4v) is 3.57.